The second-order valence-corrected chi connectivity index (χ2v) is 4.87. The predicted octanol–water partition coefficient (Wildman–Crippen LogP) is 2.02. The number of aliphatic carboxylic acids is 1. The lowest BCUT2D eigenvalue weighted by Gasteiger charge is -2.18. The van der Waals surface area contributed by atoms with Crippen molar-refractivity contribution in [2.45, 2.75) is 26.3 Å². The van der Waals surface area contributed by atoms with Crippen molar-refractivity contribution < 1.29 is 19.4 Å². The smallest absolute Gasteiger partial charge is 0.303 e. The van der Waals surface area contributed by atoms with Crippen LogP contribution in [0.5, 0.6) is 11.5 Å². The van der Waals surface area contributed by atoms with Crippen molar-refractivity contribution in [1.29, 1.82) is 0 Å². The molecule has 5 nitrogen and oxygen atoms in total. The average Bonchev–Trinajstić information content (AvgIpc) is 2.76. The highest BCUT2D eigenvalue weighted by atomic mass is 16.7. The molecule has 0 aliphatic carbocycles. The molecule has 5 heteroatoms. The zero-order valence-corrected chi connectivity index (χ0v) is 11.3. The van der Waals surface area contributed by atoms with E-state index < -0.39 is 5.97 Å². The summed E-state index contributed by atoms with van der Waals surface area (Å²) >= 11 is 0. The van der Waals surface area contributed by atoms with Crippen molar-refractivity contribution in [2.24, 2.45) is 0 Å². The van der Waals surface area contributed by atoms with E-state index in [0.717, 1.165) is 30.2 Å². The lowest BCUT2D eigenvalue weighted by molar-refractivity contribution is -0.137. The van der Waals surface area contributed by atoms with E-state index in [-0.39, 0.29) is 13.2 Å². The van der Waals surface area contributed by atoms with Crippen LogP contribution in [-0.2, 0) is 11.3 Å². The maximum absolute atomic E-state index is 10.5. The van der Waals surface area contributed by atoms with Gasteiger partial charge in [-0.25, -0.2) is 0 Å². The SMILES string of the molecule is Cc1cc2c(cc1CN(C)CCCC(=O)O)OCO2. The number of hydrogen-bond acceptors (Lipinski definition) is 4. The predicted molar refractivity (Wildman–Crippen MR) is 70.5 cm³/mol. The van der Waals surface area contributed by atoms with E-state index in [2.05, 4.69) is 4.90 Å². The molecule has 1 aliphatic rings. The maximum atomic E-state index is 10.5. The summed E-state index contributed by atoms with van der Waals surface area (Å²) in [5.41, 5.74) is 2.34. The van der Waals surface area contributed by atoms with Gasteiger partial charge < -0.3 is 19.5 Å². The van der Waals surface area contributed by atoms with Crippen LogP contribution >= 0.6 is 0 Å². The minimum Gasteiger partial charge on any atom is -0.481 e. The molecule has 104 valence electrons. The number of nitrogens with zero attached hydrogens (tertiary/aromatic N) is 1. The summed E-state index contributed by atoms with van der Waals surface area (Å²) in [6, 6.07) is 3.99. The van der Waals surface area contributed by atoms with E-state index in [1.54, 1.807) is 0 Å². The molecule has 0 unspecified atom stereocenters. The number of aryl methyl sites for hydroxylation is 1. The van der Waals surface area contributed by atoms with Gasteiger partial charge in [-0.15, -0.1) is 0 Å². The van der Waals surface area contributed by atoms with E-state index in [0.29, 0.717) is 6.42 Å². The first-order valence-electron chi connectivity index (χ1n) is 6.35. The molecule has 0 saturated heterocycles. The molecule has 0 saturated carbocycles. The lowest BCUT2D eigenvalue weighted by atomic mass is 10.1. The Morgan fingerprint density at radius 1 is 1.37 bits per heavy atom. The Hall–Kier alpha value is -1.75. The zero-order valence-electron chi connectivity index (χ0n) is 11.3. The van der Waals surface area contributed by atoms with E-state index in [9.17, 15) is 4.79 Å². The zero-order chi connectivity index (χ0) is 13.8. The first kappa shape index (κ1) is 13.7. The Labute approximate surface area is 112 Å². The highest BCUT2D eigenvalue weighted by Gasteiger charge is 2.16. The molecule has 1 aliphatic heterocycles. The summed E-state index contributed by atoms with van der Waals surface area (Å²) < 4.78 is 10.7. The average molecular weight is 265 g/mol. The molecule has 0 fully saturated rings. The van der Waals surface area contributed by atoms with Crippen LogP contribution in [0.3, 0.4) is 0 Å². The Bertz CT molecular complexity index is 473. The van der Waals surface area contributed by atoms with Gasteiger partial charge in [0.15, 0.2) is 11.5 Å². The Morgan fingerprint density at radius 3 is 2.74 bits per heavy atom. The topological polar surface area (TPSA) is 59.0 Å². The van der Waals surface area contributed by atoms with Gasteiger partial charge in [0.2, 0.25) is 6.79 Å². The van der Waals surface area contributed by atoms with E-state index in [4.69, 9.17) is 14.6 Å². The highest BCUT2D eigenvalue weighted by molar-refractivity contribution is 5.66. The second kappa shape index (κ2) is 5.93. The van der Waals surface area contributed by atoms with Crippen LogP contribution in [0.1, 0.15) is 24.0 Å². The van der Waals surface area contributed by atoms with Crippen molar-refractivity contribution in [1.82, 2.24) is 4.90 Å². The van der Waals surface area contributed by atoms with Gasteiger partial charge in [0.1, 0.15) is 0 Å². The summed E-state index contributed by atoms with van der Waals surface area (Å²) in [5.74, 6) is 0.849. The molecular weight excluding hydrogens is 246 g/mol. The van der Waals surface area contributed by atoms with Gasteiger partial charge in [-0.05, 0) is 50.2 Å². The third-order valence-electron chi connectivity index (χ3n) is 3.20. The summed E-state index contributed by atoms with van der Waals surface area (Å²) in [7, 11) is 1.99. The molecule has 0 radical (unpaired) electrons. The number of fused-ring (bicyclic) bond motifs is 1. The Morgan fingerprint density at radius 2 is 2.05 bits per heavy atom. The third kappa shape index (κ3) is 3.61. The fourth-order valence-electron chi connectivity index (χ4n) is 2.13. The van der Waals surface area contributed by atoms with Gasteiger partial charge in [-0.1, -0.05) is 0 Å². The molecule has 2 rings (SSSR count). The fourth-order valence-corrected chi connectivity index (χ4v) is 2.13. The van der Waals surface area contributed by atoms with Crippen LogP contribution < -0.4 is 9.47 Å². The van der Waals surface area contributed by atoms with E-state index in [1.807, 2.05) is 26.1 Å². The summed E-state index contributed by atoms with van der Waals surface area (Å²) in [5, 5.41) is 8.62. The van der Waals surface area contributed by atoms with Crippen LogP contribution in [-0.4, -0.2) is 36.4 Å². The van der Waals surface area contributed by atoms with Gasteiger partial charge >= 0.3 is 5.97 Å². The van der Waals surface area contributed by atoms with Crippen molar-refractivity contribution in [3.63, 3.8) is 0 Å². The number of carbonyl (C=O) groups is 1. The molecule has 19 heavy (non-hydrogen) atoms. The van der Waals surface area contributed by atoms with Crippen LogP contribution in [0.2, 0.25) is 0 Å². The third-order valence-corrected chi connectivity index (χ3v) is 3.20. The highest BCUT2D eigenvalue weighted by Crippen LogP contribution is 2.34. The van der Waals surface area contributed by atoms with Gasteiger partial charge in [0.25, 0.3) is 0 Å². The normalized spacial score (nSPS) is 13.0. The summed E-state index contributed by atoms with van der Waals surface area (Å²) in [6.45, 7) is 3.87. The monoisotopic (exact) mass is 265 g/mol. The van der Waals surface area contributed by atoms with Crippen molar-refractivity contribution in [3.8, 4) is 11.5 Å². The maximum Gasteiger partial charge on any atom is 0.303 e. The molecule has 0 spiro atoms. The minimum absolute atomic E-state index is 0.213. The Balaban J connectivity index is 1.93. The Kier molecular flexibility index (Phi) is 4.27. The molecule has 0 atom stereocenters. The quantitative estimate of drug-likeness (QED) is 0.852. The second-order valence-electron chi connectivity index (χ2n) is 4.87. The fraction of sp³-hybridized carbons (Fsp3) is 0.500. The van der Waals surface area contributed by atoms with Gasteiger partial charge in [0, 0.05) is 13.0 Å². The number of ether oxygens (including phenoxy) is 2. The van der Waals surface area contributed by atoms with Gasteiger partial charge in [-0.3, -0.25) is 4.79 Å². The van der Waals surface area contributed by atoms with Crippen LogP contribution in [0.15, 0.2) is 12.1 Å². The van der Waals surface area contributed by atoms with Gasteiger partial charge in [0.05, 0.1) is 0 Å². The van der Waals surface area contributed by atoms with E-state index >= 15 is 0 Å². The number of carboxylic acids is 1. The van der Waals surface area contributed by atoms with Crippen LogP contribution in [0, 0.1) is 6.92 Å². The minimum atomic E-state index is -0.743. The van der Waals surface area contributed by atoms with Crippen molar-refractivity contribution in [2.75, 3.05) is 20.4 Å². The molecular formula is C14H19NO4. The van der Waals surface area contributed by atoms with E-state index in [1.165, 1.54) is 5.56 Å². The lowest BCUT2D eigenvalue weighted by Crippen LogP contribution is -2.20. The molecule has 0 amide bonds. The standard InChI is InChI=1S/C14H19NO4/c1-10-6-12-13(19-9-18-12)7-11(10)8-15(2)5-3-4-14(16)17/h6-7H,3-5,8-9H2,1-2H3,(H,16,17). The first-order chi connectivity index (χ1) is 9.06. The van der Waals surface area contributed by atoms with Gasteiger partial charge in [-0.2, -0.15) is 0 Å². The van der Waals surface area contributed by atoms with Crippen molar-refractivity contribution in [3.05, 3.63) is 23.3 Å². The largest absolute Gasteiger partial charge is 0.481 e. The molecule has 0 bridgehead atoms. The first-order valence-corrected chi connectivity index (χ1v) is 6.35. The summed E-state index contributed by atoms with van der Waals surface area (Å²) in [4.78, 5) is 12.6. The number of rotatable bonds is 6. The number of carboxylic acid groups (broad SMARTS) is 1. The molecule has 1 N–H and O–H groups in total. The molecule has 0 aromatic heterocycles. The number of benzene rings is 1. The molecule has 1 heterocycles. The summed E-state index contributed by atoms with van der Waals surface area (Å²) in [6.07, 6.45) is 0.875. The van der Waals surface area contributed by atoms with Crippen LogP contribution in [0.25, 0.3) is 0 Å². The molecule has 1 aromatic rings. The van der Waals surface area contributed by atoms with Crippen LogP contribution in [0.4, 0.5) is 0 Å². The van der Waals surface area contributed by atoms with Crippen molar-refractivity contribution >= 4 is 5.97 Å². The molecule has 1 aromatic carbocycles. The number of hydrogen-bond donors (Lipinski definition) is 1.